The zero-order valence-electron chi connectivity index (χ0n) is 11.9. The molecule has 0 saturated heterocycles. The maximum atomic E-state index is 11.9. The third-order valence-corrected chi connectivity index (χ3v) is 3.46. The number of ether oxygens (including phenoxy) is 1. The van der Waals surface area contributed by atoms with Gasteiger partial charge >= 0.3 is 0 Å². The fourth-order valence-electron chi connectivity index (χ4n) is 2.09. The Hall–Kier alpha value is -2.00. The standard InChI is InChI=1S/C17H18ClNO2/c1-21-16-7-3-2-5-13(16)6-4-12-19-17(20)14-8-10-15(18)11-9-14/h2-3,5,7-11H,4,6,12H2,1H3,(H,19,20). The maximum Gasteiger partial charge on any atom is 0.251 e. The quantitative estimate of drug-likeness (QED) is 0.826. The van der Waals surface area contributed by atoms with Gasteiger partial charge in [-0.15, -0.1) is 0 Å². The largest absolute Gasteiger partial charge is 0.496 e. The summed E-state index contributed by atoms with van der Waals surface area (Å²) in [4.78, 5) is 11.9. The van der Waals surface area contributed by atoms with Gasteiger partial charge in [-0.25, -0.2) is 0 Å². The number of amides is 1. The summed E-state index contributed by atoms with van der Waals surface area (Å²) in [6, 6.07) is 14.8. The SMILES string of the molecule is COc1ccccc1CCCNC(=O)c1ccc(Cl)cc1. The van der Waals surface area contributed by atoms with Gasteiger partial charge < -0.3 is 10.1 Å². The van der Waals surface area contributed by atoms with Crippen molar-refractivity contribution in [3.05, 3.63) is 64.7 Å². The molecule has 0 spiro atoms. The molecule has 1 amide bonds. The van der Waals surface area contributed by atoms with E-state index in [4.69, 9.17) is 16.3 Å². The van der Waals surface area contributed by atoms with Crippen molar-refractivity contribution in [1.82, 2.24) is 5.32 Å². The summed E-state index contributed by atoms with van der Waals surface area (Å²) in [6.45, 7) is 0.625. The van der Waals surface area contributed by atoms with Crippen LogP contribution in [0.5, 0.6) is 5.75 Å². The van der Waals surface area contributed by atoms with Crippen LogP contribution in [0.4, 0.5) is 0 Å². The molecule has 0 atom stereocenters. The number of hydrogen-bond donors (Lipinski definition) is 1. The van der Waals surface area contributed by atoms with E-state index in [1.54, 1.807) is 31.4 Å². The van der Waals surface area contributed by atoms with Gasteiger partial charge in [0.1, 0.15) is 5.75 Å². The number of nitrogens with one attached hydrogen (secondary N) is 1. The number of methoxy groups -OCH3 is 1. The van der Waals surface area contributed by atoms with Gasteiger partial charge in [0.25, 0.3) is 5.91 Å². The molecule has 0 aliphatic carbocycles. The lowest BCUT2D eigenvalue weighted by Gasteiger charge is -2.09. The van der Waals surface area contributed by atoms with Crippen LogP contribution in [0.15, 0.2) is 48.5 Å². The summed E-state index contributed by atoms with van der Waals surface area (Å²) in [5.41, 5.74) is 1.78. The molecule has 110 valence electrons. The summed E-state index contributed by atoms with van der Waals surface area (Å²) >= 11 is 5.80. The molecule has 0 unspecified atom stereocenters. The Morgan fingerprint density at radius 2 is 1.86 bits per heavy atom. The predicted octanol–water partition coefficient (Wildman–Crippen LogP) is 3.71. The van der Waals surface area contributed by atoms with E-state index in [2.05, 4.69) is 5.32 Å². The van der Waals surface area contributed by atoms with Crippen LogP contribution in [-0.2, 0) is 6.42 Å². The highest BCUT2D eigenvalue weighted by Gasteiger charge is 2.05. The van der Waals surface area contributed by atoms with Crippen LogP contribution < -0.4 is 10.1 Å². The van der Waals surface area contributed by atoms with E-state index in [9.17, 15) is 4.79 Å². The third-order valence-electron chi connectivity index (χ3n) is 3.21. The van der Waals surface area contributed by atoms with Crippen molar-refractivity contribution in [2.75, 3.05) is 13.7 Å². The highest BCUT2D eigenvalue weighted by atomic mass is 35.5. The van der Waals surface area contributed by atoms with E-state index in [1.807, 2.05) is 24.3 Å². The number of rotatable bonds is 6. The normalized spacial score (nSPS) is 10.2. The second kappa shape index (κ2) is 7.70. The summed E-state index contributed by atoms with van der Waals surface area (Å²) in [5.74, 6) is 0.813. The second-order valence-electron chi connectivity index (χ2n) is 4.68. The molecule has 0 aromatic heterocycles. The zero-order chi connectivity index (χ0) is 15.1. The molecular formula is C17H18ClNO2. The number of carbonyl (C=O) groups excluding carboxylic acids is 1. The zero-order valence-corrected chi connectivity index (χ0v) is 12.7. The molecule has 0 heterocycles. The van der Waals surface area contributed by atoms with Crippen LogP contribution in [0, 0.1) is 0 Å². The predicted molar refractivity (Wildman–Crippen MR) is 85.1 cm³/mol. The molecule has 0 saturated carbocycles. The Bertz CT molecular complexity index is 596. The first-order valence-electron chi connectivity index (χ1n) is 6.86. The van der Waals surface area contributed by atoms with Crippen LogP contribution in [0.25, 0.3) is 0 Å². The molecule has 3 nitrogen and oxygen atoms in total. The number of hydrogen-bond acceptors (Lipinski definition) is 2. The minimum Gasteiger partial charge on any atom is -0.496 e. The Morgan fingerprint density at radius 3 is 2.57 bits per heavy atom. The first-order chi connectivity index (χ1) is 10.2. The Balaban J connectivity index is 1.79. The lowest BCUT2D eigenvalue weighted by molar-refractivity contribution is 0.0953. The Labute approximate surface area is 129 Å². The van der Waals surface area contributed by atoms with Gasteiger partial charge in [-0.2, -0.15) is 0 Å². The van der Waals surface area contributed by atoms with Crippen molar-refractivity contribution < 1.29 is 9.53 Å². The van der Waals surface area contributed by atoms with Gasteiger partial charge in [0, 0.05) is 17.1 Å². The van der Waals surface area contributed by atoms with E-state index in [1.165, 1.54) is 0 Å². The molecule has 21 heavy (non-hydrogen) atoms. The van der Waals surface area contributed by atoms with Crippen LogP contribution >= 0.6 is 11.6 Å². The molecule has 0 radical (unpaired) electrons. The number of halogens is 1. The first-order valence-corrected chi connectivity index (χ1v) is 7.24. The first kappa shape index (κ1) is 15.4. The summed E-state index contributed by atoms with van der Waals surface area (Å²) in [5, 5.41) is 3.53. The molecule has 0 fully saturated rings. The van der Waals surface area contributed by atoms with Gasteiger partial charge in [0.2, 0.25) is 0 Å². The minimum absolute atomic E-state index is 0.0771. The molecule has 2 rings (SSSR count). The second-order valence-corrected chi connectivity index (χ2v) is 5.11. The van der Waals surface area contributed by atoms with Crippen molar-refractivity contribution in [1.29, 1.82) is 0 Å². The van der Waals surface area contributed by atoms with Crippen LogP contribution in [0.1, 0.15) is 22.3 Å². The lowest BCUT2D eigenvalue weighted by atomic mass is 10.1. The fraction of sp³-hybridized carbons (Fsp3) is 0.235. The molecule has 0 aliphatic rings. The maximum absolute atomic E-state index is 11.9. The number of carbonyl (C=O) groups is 1. The summed E-state index contributed by atoms with van der Waals surface area (Å²) in [6.07, 6.45) is 1.73. The highest BCUT2D eigenvalue weighted by molar-refractivity contribution is 6.30. The smallest absolute Gasteiger partial charge is 0.251 e. The third kappa shape index (κ3) is 4.50. The van der Waals surface area contributed by atoms with Crippen molar-refractivity contribution in [2.24, 2.45) is 0 Å². The van der Waals surface area contributed by atoms with Gasteiger partial charge in [0.15, 0.2) is 0 Å². The average Bonchev–Trinajstić information content (AvgIpc) is 2.52. The van der Waals surface area contributed by atoms with Crippen molar-refractivity contribution in [3.63, 3.8) is 0 Å². The molecule has 4 heteroatoms. The number of benzene rings is 2. The summed E-state index contributed by atoms with van der Waals surface area (Å²) < 4.78 is 5.30. The monoisotopic (exact) mass is 303 g/mol. The highest BCUT2D eigenvalue weighted by Crippen LogP contribution is 2.18. The summed E-state index contributed by atoms with van der Waals surface area (Å²) in [7, 11) is 1.67. The van der Waals surface area contributed by atoms with Crippen LogP contribution in [0.2, 0.25) is 5.02 Å². The molecule has 2 aromatic carbocycles. The average molecular weight is 304 g/mol. The van der Waals surface area contributed by atoms with Crippen LogP contribution in [0.3, 0.4) is 0 Å². The lowest BCUT2D eigenvalue weighted by Crippen LogP contribution is -2.24. The number of para-hydroxylation sites is 1. The number of aryl methyl sites for hydroxylation is 1. The van der Waals surface area contributed by atoms with Crippen molar-refractivity contribution in [3.8, 4) is 5.75 Å². The van der Waals surface area contributed by atoms with E-state index < -0.39 is 0 Å². The van der Waals surface area contributed by atoms with E-state index in [0.29, 0.717) is 17.1 Å². The van der Waals surface area contributed by atoms with Crippen molar-refractivity contribution in [2.45, 2.75) is 12.8 Å². The van der Waals surface area contributed by atoms with E-state index in [0.717, 1.165) is 24.2 Å². The molecule has 2 aromatic rings. The minimum atomic E-state index is -0.0771. The fourth-order valence-corrected chi connectivity index (χ4v) is 2.22. The molecule has 0 aliphatic heterocycles. The molecular weight excluding hydrogens is 286 g/mol. The van der Waals surface area contributed by atoms with Gasteiger partial charge in [-0.3, -0.25) is 4.79 Å². The topological polar surface area (TPSA) is 38.3 Å². The van der Waals surface area contributed by atoms with Gasteiger partial charge in [-0.1, -0.05) is 29.8 Å². The van der Waals surface area contributed by atoms with Gasteiger partial charge in [-0.05, 0) is 48.7 Å². The van der Waals surface area contributed by atoms with E-state index >= 15 is 0 Å². The molecule has 0 bridgehead atoms. The van der Waals surface area contributed by atoms with Crippen molar-refractivity contribution >= 4 is 17.5 Å². The Kier molecular flexibility index (Phi) is 5.64. The van der Waals surface area contributed by atoms with Gasteiger partial charge in [0.05, 0.1) is 7.11 Å². The van der Waals surface area contributed by atoms with Crippen LogP contribution in [-0.4, -0.2) is 19.6 Å². The Morgan fingerprint density at radius 1 is 1.14 bits per heavy atom. The molecule has 1 N–H and O–H groups in total. The van der Waals surface area contributed by atoms with E-state index in [-0.39, 0.29) is 5.91 Å².